The molecule has 0 saturated heterocycles. The van der Waals surface area contributed by atoms with Crippen LogP contribution in [0.4, 0.5) is 8.78 Å². The Morgan fingerprint density at radius 1 is 1.24 bits per heavy atom. The minimum Gasteiger partial charge on any atom is -0.388 e. The Bertz CT molecular complexity index is 703. The molecular weight excluding hydrogens is 272 g/mol. The van der Waals surface area contributed by atoms with Gasteiger partial charge in [-0.15, -0.1) is 0 Å². The van der Waals surface area contributed by atoms with Gasteiger partial charge in [0.1, 0.15) is 11.6 Å². The van der Waals surface area contributed by atoms with Crippen LogP contribution in [0.5, 0.6) is 0 Å². The summed E-state index contributed by atoms with van der Waals surface area (Å²) in [5, 5.41) is 10.3. The first kappa shape index (κ1) is 14.3. The smallest absolute Gasteiger partial charge is 0.150 e. The fourth-order valence-corrected chi connectivity index (χ4v) is 3.34. The van der Waals surface area contributed by atoms with E-state index >= 15 is 0 Å². The Hall–Kier alpha value is -1.68. The molecule has 1 aliphatic carbocycles. The van der Waals surface area contributed by atoms with E-state index in [2.05, 4.69) is 13.8 Å². The molecule has 0 saturated carbocycles. The lowest BCUT2D eigenvalue weighted by Gasteiger charge is -2.34. The molecule has 2 nitrogen and oxygen atoms in total. The van der Waals surface area contributed by atoms with Gasteiger partial charge < -0.3 is 9.67 Å². The van der Waals surface area contributed by atoms with Crippen LogP contribution in [0.2, 0.25) is 0 Å². The molecule has 0 aliphatic heterocycles. The maximum Gasteiger partial charge on any atom is 0.150 e. The van der Waals surface area contributed by atoms with Gasteiger partial charge in [-0.25, -0.2) is 8.78 Å². The summed E-state index contributed by atoms with van der Waals surface area (Å²) in [6.45, 7) is 6.06. The minimum atomic E-state index is -0.589. The van der Waals surface area contributed by atoms with Gasteiger partial charge >= 0.3 is 0 Å². The average Bonchev–Trinajstić information content (AvgIpc) is 2.65. The van der Waals surface area contributed by atoms with Gasteiger partial charge in [-0.05, 0) is 43.4 Å². The number of benzene rings is 1. The van der Waals surface area contributed by atoms with Crippen LogP contribution in [-0.2, 0) is 6.42 Å². The molecule has 0 radical (unpaired) electrons. The summed E-state index contributed by atoms with van der Waals surface area (Å²) in [6.07, 6.45) is 0.909. The number of aliphatic hydroxyl groups excluding tert-OH is 1. The highest BCUT2D eigenvalue weighted by atomic mass is 19.1. The van der Waals surface area contributed by atoms with Crippen molar-refractivity contribution in [3.05, 3.63) is 52.9 Å². The quantitative estimate of drug-likeness (QED) is 0.842. The van der Waals surface area contributed by atoms with Crippen LogP contribution in [0.15, 0.2) is 24.3 Å². The van der Waals surface area contributed by atoms with E-state index in [1.807, 2.05) is 13.0 Å². The topological polar surface area (TPSA) is 25.2 Å². The number of hydrogen-bond donors (Lipinski definition) is 1. The molecule has 1 unspecified atom stereocenters. The molecule has 1 aliphatic rings. The zero-order valence-corrected chi connectivity index (χ0v) is 12.5. The van der Waals surface area contributed by atoms with E-state index in [9.17, 15) is 13.9 Å². The zero-order valence-electron chi connectivity index (χ0n) is 12.5. The maximum atomic E-state index is 14.1. The molecule has 4 heteroatoms. The molecule has 0 spiro atoms. The van der Waals surface area contributed by atoms with Gasteiger partial charge in [0.15, 0.2) is 0 Å². The number of aromatic nitrogens is 1. The molecule has 2 aromatic rings. The van der Waals surface area contributed by atoms with Crippen LogP contribution in [-0.4, -0.2) is 9.67 Å². The third kappa shape index (κ3) is 2.38. The maximum absolute atomic E-state index is 14.1. The molecule has 1 aromatic carbocycles. The number of halogens is 2. The first-order chi connectivity index (χ1) is 9.78. The van der Waals surface area contributed by atoms with Crippen LogP contribution in [0, 0.1) is 24.0 Å². The summed E-state index contributed by atoms with van der Waals surface area (Å²) in [6, 6.07) is 5.50. The lowest BCUT2D eigenvalue weighted by Crippen LogP contribution is -2.26. The lowest BCUT2D eigenvalue weighted by atomic mass is 9.75. The monoisotopic (exact) mass is 291 g/mol. The predicted octanol–water partition coefficient (Wildman–Crippen LogP) is 4.07. The SMILES string of the molecule is Cc1cc2c(n1-c1ccc(F)cc1F)CC(C)(C)CC2O. The Morgan fingerprint density at radius 3 is 2.62 bits per heavy atom. The highest BCUT2D eigenvalue weighted by Crippen LogP contribution is 2.43. The molecule has 3 rings (SSSR count). The summed E-state index contributed by atoms with van der Waals surface area (Å²) in [5.41, 5.74) is 2.91. The van der Waals surface area contributed by atoms with E-state index in [0.717, 1.165) is 29.4 Å². The molecule has 0 bridgehead atoms. The number of nitrogens with zero attached hydrogens (tertiary/aromatic N) is 1. The first-order valence-corrected chi connectivity index (χ1v) is 7.13. The summed E-state index contributed by atoms with van der Waals surface area (Å²) in [5.74, 6) is -1.18. The molecule has 1 N–H and O–H groups in total. The van der Waals surface area contributed by atoms with Crippen LogP contribution >= 0.6 is 0 Å². The molecule has 1 atom stereocenters. The minimum absolute atomic E-state index is 0.0501. The van der Waals surface area contributed by atoms with Crippen LogP contribution in [0.3, 0.4) is 0 Å². The second-order valence-corrected chi connectivity index (χ2v) is 6.68. The fourth-order valence-electron chi connectivity index (χ4n) is 3.34. The Morgan fingerprint density at radius 2 is 1.95 bits per heavy atom. The van der Waals surface area contributed by atoms with Gasteiger partial charge in [0.05, 0.1) is 11.8 Å². The van der Waals surface area contributed by atoms with E-state index in [1.54, 1.807) is 4.57 Å². The van der Waals surface area contributed by atoms with Crippen molar-refractivity contribution in [1.82, 2.24) is 4.57 Å². The zero-order chi connectivity index (χ0) is 15.4. The van der Waals surface area contributed by atoms with Crippen molar-refractivity contribution in [2.75, 3.05) is 0 Å². The van der Waals surface area contributed by atoms with Crippen molar-refractivity contribution in [3.8, 4) is 5.69 Å². The van der Waals surface area contributed by atoms with Gasteiger partial charge in [0.25, 0.3) is 0 Å². The van der Waals surface area contributed by atoms with Crippen molar-refractivity contribution >= 4 is 0 Å². The van der Waals surface area contributed by atoms with Crippen molar-refractivity contribution < 1.29 is 13.9 Å². The highest BCUT2D eigenvalue weighted by molar-refractivity contribution is 5.44. The lowest BCUT2D eigenvalue weighted by molar-refractivity contribution is 0.0986. The van der Waals surface area contributed by atoms with E-state index < -0.39 is 17.7 Å². The van der Waals surface area contributed by atoms with Crippen molar-refractivity contribution in [1.29, 1.82) is 0 Å². The van der Waals surface area contributed by atoms with Crippen molar-refractivity contribution in [2.24, 2.45) is 5.41 Å². The second kappa shape index (κ2) is 4.67. The summed E-state index contributed by atoms with van der Waals surface area (Å²) < 4.78 is 29.1. The van der Waals surface area contributed by atoms with Gasteiger partial charge in [-0.3, -0.25) is 0 Å². The number of aliphatic hydroxyl groups is 1. The molecule has 0 fully saturated rings. The Balaban J connectivity index is 2.21. The Kier molecular flexibility index (Phi) is 3.17. The highest BCUT2D eigenvalue weighted by Gasteiger charge is 2.34. The summed E-state index contributed by atoms with van der Waals surface area (Å²) in [4.78, 5) is 0. The third-order valence-electron chi connectivity index (χ3n) is 4.22. The summed E-state index contributed by atoms with van der Waals surface area (Å²) >= 11 is 0. The number of hydrogen-bond acceptors (Lipinski definition) is 1. The normalized spacial score (nSPS) is 20.4. The molecule has 1 aromatic heterocycles. The van der Waals surface area contributed by atoms with Crippen LogP contribution in [0.25, 0.3) is 5.69 Å². The second-order valence-electron chi connectivity index (χ2n) is 6.68. The van der Waals surface area contributed by atoms with Crippen molar-refractivity contribution in [3.63, 3.8) is 0 Å². The molecular formula is C17H19F2NO. The summed E-state index contributed by atoms with van der Waals surface area (Å²) in [7, 11) is 0. The van der Waals surface area contributed by atoms with Gasteiger partial charge in [0.2, 0.25) is 0 Å². The number of aryl methyl sites for hydroxylation is 1. The molecule has 1 heterocycles. The fraction of sp³-hybridized carbons (Fsp3) is 0.412. The number of fused-ring (bicyclic) bond motifs is 1. The van der Waals surface area contributed by atoms with E-state index in [0.29, 0.717) is 12.1 Å². The standard InChI is InChI=1S/C17H19F2NO/c1-10-6-12-15(8-17(2,3)9-16(12)21)20(10)14-5-4-11(18)7-13(14)19/h4-7,16,21H,8-9H2,1-3H3. The van der Waals surface area contributed by atoms with Crippen LogP contribution in [0.1, 0.15) is 43.3 Å². The predicted molar refractivity (Wildman–Crippen MR) is 77.5 cm³/mol. The average molecular weight is 291 g/mol. The first-order valence-electron chi connectivity index (χ1n) is 7.13. The van der Waals surface area contributed by atoms with Gasteiger partial charge in [0, 0.05) is 23.0 Å². The van der Waals surface area contributed by atoms with E-state index in [-0.39, 0.29) is 5.41 Å². The third-order valence-corrected chi connectivity index (χ3v) is 4.22. The van der Waals surface area contributed by atoms with Crippen molar-refractivity contribution in [2.45, 2.75) is 39.7 Å². The molecule has 0 amide bonds. The molecule has 21 heavy (non-hydrogen) atoms. The van der Waals surface area contributed by atoms with E-state index in [1.165, 1.54) is 12.1 Å². The number of rotatable bonds is 1. The van der Waals surface area contributed by atoms with Gasteiger partial charge in [-0.1, -0.05) is 13.8 Å². The van der Waals surface area contributed by atoms with Gasteiger partial charge in [-0.2, -0.15) is 0 Å². The van der Waals surface area contributed by atoms with Crippen LogP contribution < -0.4 is 0 Å². The largest absolute Gasteiger partial charge is 0.388 e. The van der Waals surface area contributed by atoms with E-state index in [4.69, 9.17) is 0 Å². The molecule has 112 valence electrons. The Labute approximate surface area is 123 Å².